The van der Waals surface area contributed by atoms with Crippen LogP contribution in [0, 0.1) is 5.92 Å². The van der Waals surface area contributed by atoms with Crippen molar-refractivity contribution in [2.24, 2.45) is 5.92 Å². The van der Waals surface area contributed by atoms with Crippen molar-refractivity contribution >= 4 is 27.1 Å². The van der Waals surface area contributed by atoms with E-state index in [2.05, 4.69) is 218 Å². The van der Waals surface area contributed by atoms with Crippen LogP contribution in [0.25, 0.3) is 82.8 Å². The van der Waals surface area contributed by atoms with Gasteiger partial charge in [-0.25, -0.2) is 0 Å². The average Bonchev–Trinajstić information content (AvgIpc) is 3.79. The van der Waals surface area contributed by atoms with Gasteiger partial charge in [-0.1, -0.05) is 157 Å². The van der Waals surface area contributed by atoms with Gasteiger partial charge in [0.05, 0.1) is 0 Å². The van der Waals surface area contributed by atoms with E-state index in [-0.39, 0.29) is 16.2 Å². The van der Waals surface area contributed by atoms with Crippen LogP contribution in [0.5, 0.6) is 0 Å². The van der Waals surface area contributed by atoms with Crippen molar-refractivity contribution in [1.82, 2.24) is 0 Å². The molecule has 314 valence electrons. The zero-order chi connectivity index (χ0) is 44.0. The number of allylic oxidation sites excluding steroid dienone is 8. The average molecular weight is 835 g/mol. The fourth-order valence-electron chi connectivity index (χ4n) is 12.8. The lowest BCUT2D eigenvalue weighted by Gasteiger charge is -2.25. The fraction of sp³-hybridized carbons (Fsp3) is 0.200. The van der Waals surface area contributed by atoms with E-state index in [1.165, 1.54) is 127 Å². The molecule has 8 aromatic rings. The van der Waals surface area contributed by atoms with Crippen LogP contribution >= 0.6 is 0 Å². The van der Waals surface area contributed by atoms with Gasteiger partial charge in [-0.15, -0.1) is 0 Å². The Kier molecular flexibility index (Phi) is 8.11. The first-order valence-electron chi connectivity index (χ1n) is 23.9. The zero-order valence-corrected chi connectivity index (χ0v) is 38.4. The van der Waals surface area contributed by atoms with Crippen LogP contribution in [-0.2, 0) is 16.2 Å². The standard InChI is InChI=1S/C65H54/c1-63(2)57-33-45-29-43(49-23-15-13-21-47(49)39-17-9-7-10-18-39)27-25-41(45)31-51(57)53-35-61-55(37-59(53)63)56-38-60-54(36-62(56)65(61,5)6)52-32-42-26-28-44(30-46(42)34-58(52)64(60,3)4)50-24-16-14-22-48(50)40-19-11-8-12-20-40/h7-15,17-19,21-23,25-38,40H,16,20,24H2,1-6H3. The lowest BCUT2D eigenvalue weighted by molar-refractivity contribution is 0.649. The summed E-state index contributed by atoms with van der Waals surface area (Å²) in [6, 6.07) is 54.3. The van der Waals surface area contributed by atoms with Crippen LogP contribution in [0.3, 0.4) is 0 Å². The minimum absolute atomic E-state index is 0.124. The van der Waals surface area contributed by atoms with E-state index in [1.807, 2.05) is 0 Å². The quantitative estimate of drug-likeness (QED) is 0.166. The van der Waals surface area contributed by atoms with Crippen LogP contribution in [0.1, 0.15) is 99.7 Å². The van der Waals surface area contributed by atoms with Crippen LogP contribution in [0.2, 0.25) is 0 Å². The first kappa shape index (κ1) is 38.7. The van der Waals surface area contributed by atoms with Crippen molar-refractivity contribution in [2.45, 2.75) is 77.0 Å². The molecule has 5 aliphatic rings. The van der Waals surface area contributed by atoms with Crippen molar-refractivity contribution in [2.75, 3.05) is 0 Å². The molecule has 8 aromatic carbocycles. The topological polar surface area (TPSA) is 0 Å². The highest BCUT2D eigenvalue weighted by molar-refractivity contribution is 6.00. The number of hydrogen-bond donors (Lipinski definition) is 0. The summed E-state index contributed by atoms with van der Waals surface area (Å²) in [7, 11) is 0. The Labute approximate surface area is 384 Å². The molecule has 0 nitrogen and oxygen atoms in total. The van der Waals surface area contributed by atoms with E-state index in [1.54, 1.807) is 0 Å². The van der Waals surface area contributed by atoms with Gasteiger partial charge in [0.25, 0.3) is 0 Å². The second-order valence-corrected chi connectivity index (χ2v) is 21.1. The first-order chi connectivity index (χ1) is 31.5. The molecule has 0 heterocycles. The van der Waals surface area contributed by atoms with E-state index in [0.29, 0.717) is 5.92 Å². The molecule has 0 aromatic heterocycles. The summed E-state index contributed by atoms with van der Waals surface area (Å²) in [5.74, 6) is 0.456. The normalized spacial score (nSPS) is 18.7. The molecular weight excluding hydrogens is 781 g/mol. The number of rotatable bonds is 4. The van der Waals surface area contributed by atoms with Gasteiger partial charge in [0, 0.05) is 22.2 Å². The summed E-state index contributed by atoms with van der Waals surface area (Å²) in [5, 5.41) is 5.26. The van der Waals surface area contributed by atoms with Gasteiger partial charge in [-0.2, -0.15) is 0 Å². The monoisotopic (exact) mass is 834 g/mol. The minimum atomic E-state index is -0.140. The first-order valence-corrected chi connectivity index (χ1v) is 23.9. The molecule has 0 aliphatic heterocycles. The molecule has 1 atom stereocenters. The summed E-state index contributed by atoms with van der Waals surface area (Å²) in [6.07, 6.45) is 17.2. The predicted octanol–water partition coefficient (Wildman–Crippen LogP) is 17.5. The van der Waals surface area contributed by atoms with Gasteiger partial charge >= 0.3 is 0 Å². The molecule has 0 radical (unpaired) electrons. The van der Waals surface area contributed by atoms with Gasteiger partial charge in [-0.05, 0) is 207 Å². The summed E-state index contributed by atoms with van der Waals surface area (Å²) in [6.45, 7) is 14.7. The summed E-state index contributed by atoms with van der Waals surface area (Å²) >= 11 is 0. The van der Waals surface area contributed by atoms with Crippen molar-refractivity contribution in [3.05, 3.63) is 220 Å². The van der Waals surface area contributed by atoms with Crippen molar-refractivity contribution < 1.29 is 0 Å². The lowest BCUT2D eigenvalue weighted by Crippen LogP contribution is -2.17. The second kappa shape index (κ2) is 13.6. The summed E-state index contributed by atoms with van der Waals surface area (Å²) in [4.78, 5) is 0. The van der Waals surface area contributed by atoms with E-state index < -0.39 is 0 Å². The van der Waals surface area contributed by atoms with Crippen LogP contribution in [0.4, 0.5) is 0 Å². The molecular formula is C65H54. The van der Waals surface area contributed by atoms with Gasteiger partial charge in [0.15, 0.2) is 0 Å². The van der Waals surface area contributed by atoms with E-state index in [9.17, 15) is 0 Å². The maximum atomic E-state index is 2.59. The van der Waals surface area contributed by atoms with Crippen LogP contribution < -0.4 is 0 Å². The van der Waals surface area contributed by atoms with Gasteiger partial charge < -0.3 is 0 Å². The number of benzene rings is 8. The second-order valence-electron chi connectivity index (χ2n) is 21.1. The Morgan fingerprint density at radius 2 is 0.862 bits per heavy atom. The SMILES string of the molecule is CC1(C)c2cc3c(cc2-c2cc4c(cc21)-c1cc2ccc(-c5ccccc5-c5ccccc5)cc2cc1C4(C)C)C(C)(C)c1cc2cc(C4=C(C5C=CC=CC5)C=CCC4)ccc2cc1-3. The molecule has 1 unspecified atom stereocenters. The Morgan fingerprint density at radius 3 is 1.40 bits per heavy atom. The molecule has 0 heteroatoms. The zero-order valence-electron chi connectivity index (χ0n) is 38.4. The Morgan fingerprint density at radius 1 is 0.385 bits per heavy atom. The number of hydrogen-bond acceptors (Lipinski definition) is 0. The lowest BCUT2D eigenvalue weighted by atomic mass is 9.78. The van der Waals surface area contributed by atoms with Crippen molar-refractivity contribution in [1.29, 1.82) is 0 Å². The third-order valence-corrected chi connectivity index (χ3v) is 16.4. The molecule has 5 aliphatic carbocycles. The predicted molar refractivity (Wildman–Crippen MR) is 277 cm³/mol. The molecule has 65 heavy (non-hydrogen) atoms. The highest BCUT2D eigenvalue weighted by Gasteiger charge is 2.44. The highest BCUT2D eigenvalue weighted by atomic mass is 14.5. The molecule has 0 saturated carbocycles. The van der Waals surface area contributed by atoms with Crippen molar-refractivity contribution in [3.8, 4) is 55.6 Å². The maximum Gasteiger partial charge on any atom is 0.0159 e. The molecule has 0 amide bonds. The largest absolute Gasteiger partial charge is 0.0839 e. The summed E-state index contributed by atoms with van der Waals surface area (Å²) < 4.78 is 0. The smallest absolute Gasteiger partial charge is 0.0159 e. The van der Waals surface area contributed by atoms with E-state index >= 15 is 0 Å². The van der Waals surface area contributed by atoms with Crippen molar-refractivity contribution in [3.63, 3.8) is 0 Å². The van der Waals surface area contributed by atoms with E-state index in [4.69, 9.17) is 0 Å². The fourth-order valence-corrected chi connectivity index (χ4v) is 12.8. The molecule has 0 N–H and O–H groups in total. The van der Waals surface area contributed by atoms with Crippen LogP contribution in [-0.4, -0.2) is 0 Å². The summed E-state index contributed by atoms with van der Waals surface area (Å²) in [5.41, 5.74) is 26.1. The number of fused-ring (bicyclic) bond motifs is 11. The third kappa shape index (κ3) is 5.56. The van der Waals surface area contributed by atoms with Gasteiger partial charge in [-0.3, -0.25) is 0 Å². The maximum absolute atomic E-state index is 2.59. The van der Waals surface area contributed by atoms with Gasteiger partial charge in [0.1, 0.15) is 0 Å². The minimum Gasteiger partial charge on any atom is -0.0839 e. The highest BCUT2D eigenvalue weighted by Crippen LogP contribution is 2.60. The molecule has 0 bridgehead atoms. The third-order valence-electron chi connectivity index (χ3n) is 16.4. The van der Waals surface area contributed by atoms with Crippen LogP contribution in [0.15, 0.2) is 182 Å². The molecule has 0 fully saturated rings. The van der Waals surface area contributed by atoms with E-state index in [0.717, 1.165) is 19.3 Å². The Bertz CT molecular complexity index is 3520. The molecule has 13 rings (SSSR count). The Balaban J connectivity index is 0.888. The van der Waals surface area contributed by atoms with Gasteiger partial charge in [0.2, 0.25) is 0 Å². The Hall–Kier alpha value is -6.76. The molecule has 0 spiro atoms. The molecule has 0 saturated heterocycles.